The minimum atomic E-state index is -3.13. The minimum Gasteiger partial charge on any atom is -0.284 e. The van der Waals surface area contributed by atoms with Crippen molar-refractivity contribution in [2.45, 2.75) is 13.3 Å². The molecular weight excluding hydrogens is 186 g/mol. The molecule has 0 saturated heterocycles. The summed E-state index contributed by atoms with van der Waals surface area (Å²) in [4.78, 5) is 0. The van der Waals surface area contributed by atoms with Gasteiger partial charge in [0.15, 0.2) is 0 Å². The summed E-state index contributed by atoms with van der Waals surface area (Å²) in [5, 5.41) is 0. The standard InChI is InChI=1S/C9H13NO2S/c1-2-8-13(11,12)10-9-6-4-3-5-7-9/h3-7,10H,2,8H2,1H3. The Bertz CT molecular complexity index is 345. The second-order valence-corrected chi connectivity index (χ2v) is 4.63. The van der Waals surface area contributed by atoms with Crippen LogP contribution in [0.5, 0.6) is 0 Å². The van der Waals surface area contributed by atoms with Crippen LogP contribution in [0.25, 0.3) is 0 Å². The summed E-state index contributed by atoms with van der Waals surface area (Å²) in [6.45, 7) is 1.84. The molecule has 0 aliphatic rings. The molecule has 1 aromatic carbocycles. The first-order chi connectivity index (χ1) is 6.14. The second-order valence-electron chi connectivity index (χ2n) is 2.79. The lowest BCUT2D eigenvalue weighted by molar-refractivity contribution is 0.600. The van der Waals surface area contributed by atoms with Crippen LogP contribution in [-0.2, 0) is 10.0 Å². The van der Waals surface area contributed by atoms with Crippen LogP contribution in [0.3, 0.4) is 0 Å². The summed E-state index contributed by atoms with van der Waals surface area (Å²) >= 11 is 0. The van der Waals surface area contributed by atoms with Crippen LogP contribution in [0.1, 0.15) is 13.3 Å². The molecule has 0 aliphatic heterocycles. The van der Waals surface area contributed by atoms with E-state index in [1.165, 1.54) is 0 Å². The van der Waals surface area contributed by atoms with Crippen molar-refractivity contribution < 1.29 is 8.42 Å². The fraction of sp³-hybridized carbons (Fsp3) is 0.333. The SMILES string of the molecule is CCCS(=O)(=O)Nc1ccccc1. The Kier molecular flexibility index (Phi) is 3.31. The molecule has 0 aromatic heterocycles. The molecule has 0 atom stereocenters. The molecule has 3 nitrogen and oxygen atoms in total. The van der Waals surface area contributed by atoms with Crippen LogP contribution < -0.4 is 4.72 Å². The summed E-state index contributed by atoms with van der Waals surface area (Å²) in [7, 11) is -3.13. The first-order valence-electron chi connectivity index (χ1n) is 4.19. The Morgan fingerprint density at radius 2 is 1.85 bits per heavy atom. The largest absolute Gasteiger partial charge is 0.284 e. The third-order valence-corrected chi connectivity index (χ3v) is 3.01. The highest BCUT2D eigenvalue weighted by atomic mass is 32.2. The van der Waals surface area contributed by atoms with Gasteiger partial charge in [0.2, 0.25) is 10.0 Å². The van der Waals surface area contributed by atoms with Gasteiger partial charge in [-0.1, -0.05) is 25.1 Å². The van der Waals surface area contributed by atoms with E-state index in [1.807, 2.05) is 13.0 Å². The maximum Gasteiger partial charge on any atom is 0.232 e. The van der Waals surface area contributed by atoms with Crippen LogP contribution in [0.2, 0.25) is 0 Å². The first kappa shape index (κ1) is 10.1. The summed E-state index contributed by atoms with van der Waals surface area (Å²) in [5.41, 5.74) is 0.621. The van der Waals surface area contributed by atoms with Gasteiger partial charge < -0.3 is 0 Å². The summed E-state index contributed by atoms with van der Waals surface area (Å²) in [6.07, 6.45) is 0.627. The summed E-state index contributed by atoms with van der Waals surface area (Å²) < 4.78 is 25.1. The highest BCUT2D eigenvalue weighted by molar-refractivity contribution is 7.92. The highest BCUT2D eigenvalue weighted by Crippen LogP contribution is 2.07. The minimum absolute atomic E-state index is 0.169. The Balaban J connectivity index is 2.70. The normalized spacial score (nSPS) is 11.2. The number of benzene rings is 1. The molecular formula is C9H13NO2S. The van der Waals surface area contributed by atoms with Gasteiger partial charge in [-0.2, -0.15) is 0 Å². The summed E-state index contributed by atoms with van der Waals surface area (Å²) in [6, 6.07) is 8.89. The quantitative estimate of drug-likeness (QED) is 0.804. The van der Waals surface area contributed by atoms with E-state index in [9.17, 15) is 8.42 Å². The molecule has 0 fully saturated rings. The molecule has 72 valence electrons. The molecule has 0 bridgehead atoms. The third-order valence-electron chi connectivity index (χ3n) is 1.52. The lowest BCUT2D eigenvalue weighted by Crippen LogP contribution is -2.15. The van der Waals surface area contributed by atoms with Gasteiger partial charge in [0.1, 0.15) is 0 Å². The molecule has 0 radical (unpaired) electrons. The Labute approximate surface area is 78.8 Å². The zero-order valence-corrected chi connectivity index (χ0v) is 8.34. The first-order valence-corrected chi connectivity index (χ1v) is 5.85. The number of para-hydroxylation sites is 1. The number of anilines is 1. The number of hydrogen-bond donors (Lipinski definition) is 1. The molecule has 1 N–H and O–H groups in total. The molecule has 0 spiro atoms. The van der Waals surface area contributed by atoms with Crippen molar-refractivity contribution in [2.75, 3.05) is 10.5 Å². The van der Waals surface area contributed by atoms with Crippen molar-refractivity contribution in [3.63, 3.8) is 0 Å². The summed E-state index contributed by atoms with van der Waals surface area (Å²) in [5.74, 6) is 0.169. The van der Waals surface area contributed by atoms with E-state index in [0.717, 1.165) is 0 Å². The average molecular weight is 199 g/mol. The fourth-order valence-corrected chi connectivity index (χ4v) is 2.14. The number of rotatable bonds is 4. The molecule has 0 saturated carbocycles. The number of hydrogen-bond acceptors (Lipinski definition) is 2. The Morgan fingerprint density at radius 3 is 2.38 bits per heavy atom. The van der Waals surface area contributed by atoms with E-state index in [0.29, 0.717) is 12.1 Å². The molecule has 4 heteroatoms. The van der Waals surface area contributed by atoms with Crippen molar-refractivity contribution >= 4 is 15.7 Å². The van der Waals surface area contributed by atoms with E-state index in [1.54, 1.807) is 24.3 Å². The maximum atomic E-state index is 11.3. The van der Waals surface area contributed by atoms with Crippen molar-refractivity contribution in [3.8, 4) is 0 Å². The predicted octanol–water partition coefficient (Wildman–Crippen LogP) is 1.84. The van der Waals surface area contributed by atoms with Crippen molar-refractivity contribution in [1.82, 2.24) is 0 Å². The van der Waals surface area contributed by atoms with Crippen LogP contribution in [0.4, 0.5) is 5.69 Å². The van der Waals surface area contributed by atoms with E-state index < -0.39 is 10.0 Å². The molecule has 0 heterocycles. The predicted molar refractivity (Wildman–Crippen MR) is 54.1 cm³/mol. The zero-order chi connectivity index (χ0) is 9.73. The number of sulfonamides is 1. The van der Waals surface area contributed by atoms with Gasteiger partial charge in [0.25, 0.3) is 0 Å². The lowest BCUT2D eigenvalue weighted by atomic mass is 10.3. The molecule has 0 amide bonds. The molecule has 13 heavy (non-hydrogen) atoms. The maximum absolute atomic E-state index is 11.3. The zero-order valence-electron chi connectivity index (χ0n) is 7.53. The average Bonchev–Trinajstić information content (AvgIpc) is 2.04. The third kappa shape index (κ3) is 3.46. The topological polar surface area (TPSA) is 46.2 Å². The Morgan fingerprint density at radius 1 is 1.23 bits per heavy atom. The van der Waals surface area contributed by atoms with Gasteiger partial charge >= 0.3 is 0 Å². The monoisotopic (exact) mass is 199 g/mol. The van der Waals surface area contributed by atoms with Crippen molar-refractivity contribution in [3.05, 3.63) is 30.3 Å². The number of nitrogens with one attached hydrogen (secondary N) is 1. The molecule has 0 aliphatic carbocycles. The van der Waals surface area contributed by atoms with Gasteiger partial charge in [-0.05, 0) is 18.6 Å². The molecule has 0 unspecified atom stereocenters. The Hall–Kier alpha value is -1.03. The molecule has 1 aromatic rings. The van der Waals surface area contributed by atoms with E-state index in [2.05, 4.69) is 4.72 Å². The lowest BCUT2D eigenvalue weighted by Gasteiger charge is -2.05. The second kappa shape index (κ2) is 4.28. The van der Waals surface area contributed by atoms with Gasteiger partial charge in [-0.15, -0.1) is 0 Å². The van der Waals surface area contributed by atoms with E-state index >= 15 is 0 Å². The van der Waals surface area contributed by atoms with Crippen LogP contribution >= 0.6 is 0 Å². The van der Waals surface area contributed by atoms with Gasteiger partial charge in [-0.3, -0.25) is 4.72 Å². The highest BCUT2D eigenvalue weighted by Gasteiger charge is 2.07. The van der Waals surface area contributed by atoms with E-state index in [4.69, 9.17) is 0 Å². The van der Waals surface area contributed by atoms with E-state index in [-0.39, 0.29) is 5.75 Å². The van der Waals surface area contributed by atoms with Crippen LogP contribution in [0.15, 0.2) is 30.3 Å². The van der Waals surface area contributed by atoms with Crippen molar-refractivity contribution in [1.29, 1.82) is 0 Å². The van der Waals surface area contributed by atoms with Crippen molar-refractivity contribution in [2.24, 2.45) is 0 Å². The molecule has 1 rings (SSSR count). The van der Waals surface area contributed by atoms with Gasteiger partial charge in [0.05, 0.1) is 5.75 Å². The van der Waals surface area contributed by atoms with Gasteiger partial charge in [0, 0.05) is 5.69 Å². The fourth-order valence-electron chi connectivity index (χ4n) is 1.01. The van der Waals surface area contributed by atoms with Gasteiger partial charge in [-0.25, -0.2) is 8.42 Å². The smallest absolute Gasteiger partial charge is 0.232 e. The van der Waals surface area contributed by atoms with Crippen LogP contribution in [0, 0.1) is 0 Å². The van der Waals surface area contributed by atoms with Crippen LogP contribution in [-0.4, -0.2) is 14.2 Å².